The normalized spacial score (nSPS) is 36.6. The highest BCUT2D eigenvalue weighted by Crippen LogP contribution is 2.54. The average Bonchev–Trinajstić information content (AvgIpc) is 3.72. The van der Waals surface area contributed by atoms with Gasteiger partial charge in [0.05, 0.1) is 25.9 Å². The van der Waals surface area contributed by atoms with E-state index in [1.165, 1.54) is 17.2 Å². The lowest BCUT2D eigenvalue weighted by Crippen LogP contribution is -2.32. The number of halogens is 1. The fourth-order valence-corrected chi connectivity index (χ4v) is 7.11. The number of aromatic nitrogens is 8. The van der Waals surface area contributed by atoms with E-state index in [0.29, 0.717) is 0 Å². The first kappa shape index (κ1) is 29.3. The predicted octanol–water partition coefficient (Wildman–Crippen LogP) is -0.335. The van der Waals surface area contributed by atoms with Gasteiger partial charge in [0.1, 0.15) is 42.5 Å². The third-order valence-electron chi connectivity index (χ3n) is 7.19. The van der Waals surface area contributed by atoms with Gasteiger partial charge in [-0.3, -0.25) is 37.0 Å². The molecule has 236 valence electrons. The van der Waals surface area contributed by atoms with Crippen molar-refractivity contribution in [2.75, 3.05) is 24.7 Å². The molecular weight excluding hydrogens is 637 g/mol. The first-order valence-corrected chi connectivity index (χ1v) is 15.8. The monoisotopic (exact) mass is 660 g/mol. The highest BCUT2D eigenvalue weighted by atomic mass is 31.2. The second kappa shape index (κ2) is 10.6. The largest absolute Gasteiger partial charge is 0.472 e. The maximum atomic E-state index is 15.7. The van der Waals surface area contributed by atoms with Crippen LogP contribution in [0.2, 0.25) is 0 Å². The fraction of sp³-hybridized carbons (Fsp3) is 0.500. The van der Waals surface area contributed by atoms with Gasteiger partial charge in [-0.15, -0.1) is 0 Å². The summed E-state index contributed by atoms with van der Waals surface area (Å²) >= 11 is 0. The van der Waals surface area contributed by atoms with Crippen LogP contribution in [0.4, 0.5) is 16.2 Å². The molecule has 21 nitrogen and oxygen atoms in total. The Kier molecular flexibility index (Phi) is 7.05. The van der Waals surface area contributed by atoms with Crippen LogP contribution < -0.4 is 17.0 Å². The number of hydrogen-bond donors (Lipinski definition) is 5. The molecule has 3 aliphatic heterocycles. The number of rotatable bonds is 2. The van der Waals surface area contributed by atoms with Crippen LogP contribution in [-0.4, -0.2) is 92.6 Å². The molecule has 4 aromatic heterocycles. The quantitative estimate of drug-likeness (QED) is 0.172. The standard InChI is InChI=1S/C20H23FN10O11P2/c21-11-9-3-38-43(33,34)41-7-1-10(30-5-26-12-15(22)24-4-25-16(12)30)39-8(7)2-37-44(35,36)42-14(11)19(40-9)31-6-27-13-17(31)28-20(23)29-18(13)32/h4-11,14,19H,1-3H2,(H,33,34)(H,35,36)(H2,22,24,25)(H3,23,28,29,32)/t7-,8+,9-,10+,11+,14+,19+/m0/s1. The van der Waals surface area contributed by atoms with Crippen LogP contribution in [0.5, 0.6) is 0 Å². The smallest absolute Gasteiger partial charge is 0.382 e. The van der Waals surface area contributed by atoms with Crippen molar-refractivity contribution in [2.45, 2.75) is 49.5 Å². The Balaban J connectivity index is 1.19. The Labute approximate surface area is 243 Å². The highest BCUT2D eigenvalue weighted by Gasteiger charge is 2.53. The van der Waals surface area contributed by atoms with Gasteiger partial charge in [0, 0.05) is 6.42 Å². The maximum Gasteiger partial charge on any atom is 0.472 e. The Hall–Kier alpha value is -3.43. The van der Waals surface area contributed by atoms with Crippen LogP contribution in [0, 0.1) is 0 Å². The number of aromatic amines is 1. The molecule has 3 saturated heterocycles. The molecule has 0 aliphatic carbocycles. The number of phosphoric acid groups is 2. The third kappa shape index (κ3) is 5.17. The number of ether oxygens (including phenoxy) is 2. The number of nitrogens with two attached hydrogens (primary N) is 2. The minimum Gasteiger partial charge on any atom is -0.382 e. The number of fused-ring (bicyclic) bond motifs is 5. The van der Waals surface area contributed by atoms with E-state index in [0.717, 1.165) is 10.9 Å². The lowest BCUT2D eigenvalue weighted by molar-refractivity contribution is -0.0668. The van der Waals surface area contributed by atoms with E-state index in [1.54, 1.807) is 0 Å². The summed E-state index contributed by atoms with van der Waals surface area (Å²) in [5.41, 5.74) is 11.0. The fourth-order valence-electron chi connectivity index (χ4n) is 5.23. The maximum absolute atomic E-state index is 15.7. The predicted molar refractivity (Wildman–Crippen MR) is 141 cm³/mol. The van der Waals surface area contributed by atoms with Crippen LogP contribution in [-0.2, 0) is 36.7 Å². The lowest BCUT2D eigenvalue weighted by atomic mass is 10.1. The molecule has 3 fully saturated rings. The Bertz CT molecular complexity index is 1900. The second-order valence-electron chi connectivity index (χ2n) is 9.98. The van der Waals surface area contributed by atoms with Crippen molar-refractivity contribution in [1.82, 2.24) is 39.0 Å². The molecule has 2 bridgehead atoms. The first-order valence-electron chi connectivity index (χ1n) is 12.8. The Morgan fingerprint density at radius 1 is 0.909 bits per heavy atom. The van der Waals surface area contributed by atoms with Gasteiger partial charge in [-0.1, -0.05) is 0 Å². The number of nitrogen functional groups attached to an aromatic ring is 2. The number of nitrogens with one attached hydrogen (secondary N) is 1. The van der Waals surface area contributed by atoms with E-state index in [1.807, 2.05) is 0 Å². The van der Waals surface area contributed by atoms with E-state index in [4.69, 9.17) is 39.0 Å². The van der Waals surface area contributed by atoms with Crippen LogP contribution >= 0.6 is 15.6 Å². The number of alkyl halides is 1. The molecule has 7 N–H and O–H groups in total. The van der Waals surface area contributed by atoms with Gasteiger partial charge in [0.15, 0.2) is 35.0 Å². The molecule has 0 amide bonds. The molecular formula is C20H23FN10O11P2. The zero-order valence-electron chi connectivity index (χ0n) is 22.0. The van der Waals surface area contributed by atoms with E-state index in [-0.39, 0.29) is 40.5 Å². The molecule has 24 heteroatoms. The van der Waals surface area contributed by atoms with E-state index in [2.05, 4.69) is 29.9 Å². The summed E-state index contributed by atoms with van der Waals surface area (Å²) in [6, 6.07) is 0. The van der Waals surface area contributed by atoms with Crippen LogP contribution in [0.3, 0.4) is 0 Å². The van der Waals surface area contributed by atoms with Gasteiger partial charge in [-0.25, -0.2) is 33.5 Å². The van der Waals surface area contributed by atoms with Crippen molar-refractivity contribution in [1.29, 1.82) is 0 Å². The third-order valence-corrected chi connectivity index (χ3v) is 9.19. The molecule has 4 aromatic rings. The minimum atomic E-state index is -5.09. The summed E-state index contributed by atoms with van der Waals surface area (Å²) in [5, 5.41) is 0. The topological polar surface area (TPSA) is 289 Å². The van der Waals surface area contributed by atoms with Crippen molar-refractivity contribution in [3.8, 4) is 0 Å². The number of imidazole rings is 2. The molecule has 2 unspecified atom stereocenters. The summed E-state index contributed by atoms with van der Waals surface area (Å²) in [6.07, 6.45) is -7.12. The SMILES string of the molecule is Nc1nc2c(ncn2[C@@H]2O[C@H]3COP(=O)(O)O[C@H]4C[C@H](n5cnc6c(N)ncnc65)O[C@@H]4COP(=O)(O)O[C@@H]2[C@@H]3F)c(=O)[nH]1. The number of phosphoric ester groups is 2. The van der Waals surface area contributed by atoms with Crippen LogP contribution in [0.15, 0.2) is 23.8 Å². The number of nitrogens with zero attached hydrogens (tertiary/aromatic N) is 7. The van der Waals surface area contributed by atoms with Crippen LogP contribution in [0.1, 0.15) is 18.9 Å². The molecule has 0 spiro atoms. The van der Waals surface area contributed by atoms with Gasteiger partial charge in [-0.05, 0) is 0 Å². The molecule has 0 saturated carbocycles. The Morgan fingerprint density at radius 2 is 1.61 bits per heavy atom. The molecule has 44 heavy (non-hydrogen) atoms. The second-order valence-corrected chi connectivity index (χ2v) is 12.8. The lowest BCUT2D eigenvalue weighted by Gasteiger charge is -2.25. The molecule has 3 aliphatic rings. The van der Waals surface area contributed by atoms with E-state index >= 15 is 4.39 Å². The zero-order valence-corrected chi connectivity index (χ0v) is 23.8. The van der Waals surface area contributed by atoms with Gasteiger partial charge in [0.2, 0.25) is 5.95 Å². The van der Waals surface area contributed by atoms with Gasteiger partial charge in [-0.2, -0.15) is 4.98 Å². The molecule has 9 atom stereocenters. The number of H-pyrrole nitrogens is 1. The highest BCUT2D eigenvalue weighted by molar-refractivity contribution is 7.47. The molecule has 0 radical (unpaired) electrons. The Morgan fingerprint density at radius 3 is 2.41 bits per heavy atom. The van der Waals surface area contributed by atoms with Crippen molar-refractivity contribution in [2.24, 2.45) is 0 Å². The zero-order chi connectivity index (χ0) is 31.0. The summed E-state index contributed by atoms with van der Waals surface area (Å²) < 4.78 is 76.8. The van der Waals surface area contributed by atoms with E-state index in [9.17, 15) is 23.7 Å². The van der Waals surface area contributed by atoms with Gasteiger partial charge >= 0.3 is 15.6 Å². The number of hydrogen-bond acceptors (Lipinski definition) is 16. The van der Waals surface area contributed by atoms with E-state index < -0.39 is 77.5 Å². The van der Waals surface area contributed by atoms with Crippen molar-refractivity contribution < 1.29 is 50.9 Å². The molecule has 0 aromatic carbocycles. The van der Waals surface area contributed by atoms with Crippen LogP contribution in [0.25, 0.3) is 22.3 Å². The van der Waals surface area contributed by atoms with Gasteiger partial charge < -0.3 is 30.7 Å². The average molecular weight is 660 g/mol. The van der Waals surface area contributed by atoms with Crippen molar-refractivity contribution >= 4 is 49.7 Å². The van der Waals surface area contributed by atoms with Gasteiger partial charge in [0.25, 0.3) is 5.56 Å². The van der Waals surface area contributed by atoms with Crippen molar-refractivity contribution in [3.63, 3.8) is 0 Å². The summed E-state index contributed by atoms with van der Waals surface area (Å²) in [6.45, 7) is -1.56. The number of anilines is 2. The summed E-state index contributed by atoms with van der Waals surface area (Å²) in [4.78, 5) is 55.7. The molecule has 7 rings (SSSR count). The van der Waals surface area contributed by atoms with Crippen molar-refractivity contribution in [3.05, 3.63) is 29.3 Å². The summed E-state index contributed by atoms with van der Waals surface area (Å²) in [5.74, 6) is -0.186. The molecule has 7 heterocycles. The minimum absolute atomic E-state index is 0.0901. The first-order chi connectivity index (χ1) is 20.9. The summed E-state index contributed by atoms with van der Waals surface area (Å²) in [7, 11) is -10.0.